The normalized spacial score (nSPS) is 11.3. The topological polar surface area (TPSA) is 42.1 Å². The van der Waals surface area contributed by atoms with Crippen LogP contribution in [0.25, 0.3) is 5.76 Å². The van der Waals surface area contributed by atoms with E-state index in [2.05, 4.69) is 4.98 Å². The Hall–Kier alpha value is -1.51. The zero-order chi connectivity index (χ0) is 8.97. The summed E-state index contributed by atoms with van der Waals surface area (Å²) in [7, 11) is 1.60. The number of ether oxygens (including phenoxy) is 1. The van der Waals surface area contributed by atoms with E-state index in [0.717, 1.165) is 11.3 Å². The molecule has 0 fully saturated rings. The van der Waals surface area contributed by atoms with Gasteiger partial charge in [-0.1, -0.05) is 0 Å². The molecular formula is C9H11NO2. The Bertz CT molecular complexity index is 318. The number of pyridine rings is 1. The summed E-state index contributed by atoms with van der Waals surface area (Å²) in [5.41, 5.74) is 0.768. The molecule has 0 saturated carbocycles. The standard InChI is InChI=1S/C9H11NO2/c1-3-8(12-2)7-4-5-9(11)10-6-7/h3-6H,1-2H3,(H,10,11). The van der Waals surface area contributed by atoms with E-state index in [9.17, 15) is 4.79 Å². The van der Waals surface area contributed by atoms with Crippen molar-refractivity contribution in [3.63, 3.8) is 0 Å². The van der Waals surface area contributed by atoms with Gasteiger partial charge in [0.15, 0.2) is 0 Å². The summed E-state index contributed by atoms with van der Waals surface area (Å²) in [5, 5.41) is 0. The predicted octanol–water partition coefficient (Wildman–Crippen LogP) is 1.38. The second-order valence-corrected chi connectivity index (χ2v) is 2.30. The van der Waals surface area contributed by atoms with Crippen LogP contribution in [0.2, 0.25) is 0 Å². The summed E-state index contributed by atoms with van der Waals surface area (Å²) in [6.45, 7) is 1.88. The molecular weight excluding hydrogens is 154 g/mol. The Kier molecular flexibility index (Phi) is 2.69. The summed E-state index contributed by atoms with van der Waals surface area (Å²) in [4.78, 5) is 13.3. The lowest BCUT2D eigenvalue weighted by Gasteiger charge is -2.03. The summed E-state index contributed by atoms with van der Waals surface area (Å²) < 4.78 is 5.06. The van der Waals surface area contributed by atoms with Gasteiger partial charge in [0.25, 0.3) is 0 Å². The van der Waals surface area contributed by atoms with Gasteiger partial charge < -0.3 is 9.72 Å². The van der Waals surface area contributed by atoms with Gasteiger partial charge in [0.05, 0.1) is 7.11 Å². The summed E-state index contributed by atoms with van der Waals surface area (Å²) in [5.74, 6) is 0.756. The van der Waals surface area contributed by atoms with E-state index in [0.29, 0.717) is 0 Å². The fraction of sp³-hybridized carbons (Fsp3) is 0.222. The first-order valence-electron chi connectivity index (χ1n) is 3.67. The van der Waals surface area contributed by atoms with Crippen molar-refractivity contribution in [3.05, 3.63) is 40.3 Å². The van der Waals surface area contributed by atoms with Crippen LogP contribution in [0.4, 0.5) is 0 Å². The molecule has 0 spiro atoms. The second-order valence-electron chi connectivity index (χ2n) is 2.30. The predicted molar refractivity (Wildman–Crippen MR) is 47.7 cm³/mol. The maximum Gasteiger partial charge on any atom is 0.247 e. The van der Waals surface area contributed by atoms with E-state index in [1.807, 2.05) is 13.0 Å². The van der Waals surface area contributed by atoms with E-state index in [1.54, 1.807) is 19.4 Å². The van der Waals surface area contributed by atoms with Gasteiger partial charge in [0.1, 0.15) is 5.76 Å². The van der Waals surface area contributed by atoms with Crippen molar-refractivity contribution >= 4 is 5.76 Å². The molecule has 1 aromatic rings. The SMILES string of the molecule is CC=C(OC)c1ccc(=O)[nH]c1. The molecule has 0 unspecified atom stereocenters. The first-order valence-corrected chi connectivity index (χ1v) is 3.67. The van der Waals surface area contributed by atoms with E-state index in [-0.39, 0.29) is 5.56 Å². The third kappa shape index (κ3) is 1.75. The number of hydrogen-bond donors (Lipinski definition) is 1. The smallest absolute Gasteiger partial charge is 0.247 e. The molecule has 3 heteroatoms. The lowest BCUT2D eigenvalue weighted by molar-refractivity contribution is 0.369. The molecule has 1 N–H and O–H groups in total. The first-order chi connectivity index (χ1) is 5.77. The Morgan fingerprint density at radius 2 is 2.33 bits per heavy atom. The fourth-order valence-electron chi connectivity index (χ4n) is 0.966. The molecule has 0 aliphatic carbocycles. The molecule has 0 radical (unpaired) electrons. The lowest BCUT2D eigenvalue weighted by Crippen LogP contribution is -2.02. The van der Waals surface area contributed by atoms with Gasteiger partial charge in [0.2, 0.25) is 5.56 Å². The average molecular weight is 165 g/mol. The minimum Gasteiger partial charge on any atom is -0.496 e. The Labute approximate surface area is 70.7 Å². The molecule has 0 saturated heterocycles. The second kappa shape index (κ2) is 3.76. The van der Waals surface area contributed by atoms with Gasteiger partial charge in [-0.15, -0.1) is 0 Å². The van der Waals surface area contributed by atoms with Crippen molar-refractivity contribution in [3.8, 4) is 0 Å². The third-order valence-electron chi connectivity index (χ3n) is 1.55. The lowest BCUT2D eigenvalue weighted by atomic mass is 10.2. The van der Waals surface area contributed by atoms with E-state index >= 15 is 0 Å². The quantitative estimate of drug-likeness (QED) is 0.673. The summed E-state index contributed by atoms with van der Waals surface area (Å²) in [6.07, 6.45) is 3.47. The van der Waals surface area contributed by atoms with Gasteiger partial charge in [-0.2, -0.15) is 0 Å². The number of hydrogen-bond acceptors (Lipinski definition) is 2. The minimum atomic E-state index is -0.106. The zero-order valence-electron chi connectivity index (χ0n) is 7.13. The van der Waals surface area contributed by atoms with Crippen molar-refractivity contribution in [2.24, 2.45) is 0 Å². The largest absolute Gasteiger partial charge is 0.496 e. The molecule has 12 heavy (non-hydrogen) atoms. The molecule has 1 aromatic heterocycles. The maximum atomic E-state index is 10.7. The number of methoxy groups -OCH3 is 1. The van der Waals surface area contributed by atoms with Gasteiger partial charge in [0, 0.05) is 17.8 Å². The number of aromatic nitrogens is 1. The average Bonchev–Trinajstić information content (AvgIpc) is 2.10. The van der Waals surface area contributed by atoms with Crippen molar-refractivity contribution in [2.75, 3.05) is 7.11 Å². The molecule has 64 valence electrons. The molecule has 0 atom stereocenters. The highest BCUT2D eigenvalue weighted by atomic mass is 16.5. The van der Waals surface area contributed by atoms with Crippen LogP contribution in [0, 0.1) is 0 Å². The number of rotatable bonds is 2. The number of allylic oxidation sites excluding steroid dienone is 1. The van der Waals surface area contributed by atoms with Crippen LogP contribution in [-0.4, -0.2) is 12.1 Å². The fourth-order valence-corrected chi connectivity index (χ4v) is 0.966. The van der Waals surface area contributed by atoms with Crippen LogP contribution in [0.5, 0.6) is 0 Å². The first kappa shape index (κ1) is 8.59. The van der Waals surface area contributed by atoms with Gasteiger partial charge in [-0.25, -0.2) is 0 Å². The van der Waals surface area contributed by atoms with Crippen LogP contribution in [0.15, 0.2) is 29.2 Å². The highest BCUT2D eigenvalue weighted by Gasteiger charge is 1.97. The highest BCUT2D eigenvalue weighted by Crippen LogP contribution is 2.11. The van der Waals surface area contributed by atoms with E-state index in [1.165, 1.54) is 6.07 Å². The maximum absolute atomic E-state index is 10.7. The van der Waals surface area contributed by atoms with Crippen molar-refractivity contribution in [1.29, 1.82) is 0 Å². The monoisotopic (exact) mass is 165 g/mol. The van der Waals surface area contributed by atoms with Gasteiger partial charge in [-0.05, 0) is 19.1 Å². The molecule has 0 bridgehead atoms. The minimum absolute atomic E-state index is 0.106. The number of H-pyrrole nitrogens is 1. The van der Waals surface area contributed by atoms with Crippen LogP contribution < -0.4 is 5.56 Å². The van der Waals surface area contributed by atoms with Crippen molar-refractivity contribution in [2.45, 2.75) is 6.92 Å². The molecule has 0 amide bonds. The van der Waals surface area contributed by atoms with Gasteiger partial charge >= 0.3 is 0 Å². The summed E-state index contributed by atoms with van der Waals surface area (Å²) >= 11 is 0. The third-order valence-corrected chi connectivity index (χ3v) is 1.55. The van der Waals surface area contributed by atoms with Crippen LogP contribution >= 0.6 is 0 Å². The molecule has 1 heterocycles. The van der Waals surface area contributed by atoms with Crippen LogP contribution in [0.1, 0.15) is 12.5 Å². The molecule has 3 nitrogen and oxygen atoms in total. The van der Waals surface area contributed by atoms with Crippen molar-refractivity contribution in [1.82, 2.24) is 4.98 Å². The molecule has 0 aromatic carbocycles. The molecule has 0 aliphatic rings. The van der Waals surface area contributed by atoms with Crippen LogP contribution in [-0.2, 0) is 4.74 Å². The molecule has 0 aliphatic heterocycles. The summed E-state index contributed by atoms with van der Waals surface area (Å²) in [6, 6.07) is 3.19. The Morgan fingerprint density at radius 1 is 1.58 bits per heavy atom. The Balaban J connectivity index is 3.04. The van der Waals surface area contributed by atoms with E-state index < -0.39 is 0 Å². The molecule has 1 rings (SSSR count). The van der Waals surface area contributed by atoms with Gasteiger partial charge in [-0.3, -0.25) is 4.79 Å². The van der Waals surface area contributed by atoms with E-state index in [4.69, 9.17) is 4.74 Å². The van der Waals surface area contributed by atoms with Crippen LogP contribution in [0.3, 0.4) is 0 Å². The Morgan fingerprint density at radius 3 is 2.75 bits per heavy atom. The zero-order valence-corrected chi connectivity index (χ0v) is 7.13. The number of nitrogens with one attached hydrogen (secondary N) is 1. The van der Waals surface area contributed by atoms with Crippen molar-refractivity contribution < 1.29 is 4.74 Å². The highest BCUT2D eigenvalue weighted by molar-refractivity contribution is 5.57. The number of aromatic amines is 1.